The smallest absolute Gasteiger partial charge is 0.201 e. The fraction of sp³-hybridized carbons (Fsp3) is 0.417. The summed E-state index contributed by atoms with van der Waals surface area (Å²) in [6, 6.07) is 8.03. The Hall–Kier alpha value is -1.22. The fourth-order valence-corrected chi connectivity index (χ4v) is 2.20. The van der Waals surface area contributed by atoms with Crippen molar-refractivity contribution in [1.29, 1.82) is 0 Å². The summed E-state index contributed by atoms with van der Waals surface area (Å²) < 4.78 is 0. The number of nitrogens with one attached hydrogen (secondary N) is 2. The van der Waals surface area contributed by atoms with E-state index in [-0.39, 0.29) is 0 Å². The topological polar surface area (TPSA) is 40.7 Å². The zero-order chi connectivity index (χ0) is 11.0. The number of alkyl halides is 1. The molecular weight excluding hydrogens is 222 g/mol. The maximum atomic E-state index is 5.93. The average Bonchev–Trinajstić information content (AvgIpc) is 2.98. The number of nitrogens with zero attached hydrogens (tertiary/aromatic N) is 1. The van der Waals surface area contributed by atoms with Gasteiger partial charge in [0.2, 0.25) is 5.95 Å². The van der Waals surface area contributed by atoms with Crippen LogP contribution in [0.25, 0.3) is 11.0 Å². The molecule has 3 rings (SSSR count). The number of aromatic nitrogens is 2. The molecule has 4 heteroatoms. The minimum atomic E-state index is 0.320. The van der Waals surface area contributed by atoms with Crippen LogP contribution < -0.4 is 5.32 Å². The predicted octanol–water partition coefficient (Wildman–Crippen LogP) is 2.99. The molecule has 16 heavy (non-hydrogen) atoms. The van der Waals surface area contributed by atoms with Crippen molar-refractivity contribution in [3.05, 3.63) is 24.3 Å². The Balaban J connectivity index is 1.74. The lowest BCUT2D eigenvalue weighted by Gasteiger charge is -2.10. The molecule has 84 valence electrons. The molecule has 0 saturated heterocycles. The Morgan fingerprint density at radius 2 is 2.19 bits per heavy atom. The summed E-state index contributed by atoms with van der Waals surface area (Å²) in [5.41, 5.74) is 2.39. The van der Waals surface area contributed by atoms with Crippen molar-refractivity contribution in [3.63, 3.8) is 0 Å². The van der Waals surface area contributed by atoms with Crippen molar-refractivity contribution in [2.24, 2.45) is 5.41 Å². The molecule has 0 aliphatic heterocycles. The van der Waals surface area contributed by atoms with E-state index in [0.717, 1.165) is 29.4 Å². The van der Waals surface area contributed by atoms with Crippen LogP contribution in [0.1, 0.15) is 12.8 Å². The lowest BCUT2D eigenvalue weighted by molar-refractivity contribution is 0.616. The van der Waals surface area contributed by atoms with Gasteiger partial charge in [-0.3, -0.25) is 0 Å². The summed E-state index contributed by atoms with van der Waals surface area (Å²) in [5, 5.41) is 3.34. The number of aromatic amines is 1. The van der Waals surface area contributed by atoms with E-state index in [4.69, 9.17) is 11.6 Å². The van der Waals surface area contributed by atoms with Crippen molar-refractivity contribution in [2.75, 3.05) is 17.7 Å². The molecule has 1 saturated carbocycles. The number of imidazole rings is 1. The molecule has 0 spiro atoms. The number of para-hydroxylation sites is 2. The van der Waals surface area contributed by atoms with Gasteiger partial charge in [-0.1, -0.05) is 12.1 Å². The van der Waals surface area contributed by atoms with E-state index in [2.05, 4.69) is 15.3 Å². The Morgan fingerprint density at radius 1 is 1.38 bits per heavy atom. The molecule has 2 N–H and O–H groups in total. The van der Waals surface area contributed by atoms with Crippen molar-refractivity contribution in [1.82, 2.24) is 9.97 Å². The standard InChI is InChI=1S/C12H14ClN3/c13-7-12(5-6-12)8-14-11-15-9-3-1-2-4-10(9)16-11/h1-4H,5-8H2,(H2,14,15,16). The molecule has 1 aliphatic rings. The van der Waals surface area contributed by atoms with Gasteiger partial charge in [-0.2, -0.15) is 0 Å². The highest BCUT2D eigenvalue weighted by atomic mass is 35.5. The maximum Gasteiger partial charge on any atom is 0.201 e. The lowest BCUT2D eigenvalue weighted by atomic mass is 10.1. The molecule has 1 aromatic heterocycles. The largest absolute Gasteiger partial charge is 0.355 e. The van der Waals surface area contributed by atoms with E-state index in [1.807, 2.05) is 24.3 Å². The molecule has 0 atom stereocenters. The summed E-state index contributed by atoms with van der Waals surface area (Å²) in [5.74, 6) is 1.58. The Labute approximate surface area is 99.2 Å². The van der Waals surface area contributed by atoms with Crippen LogP contribution in [0.4, 0.5) is 5.95 Å². The molecule has 0 unspecified atom stereocenters. The third-order valence-corrected chi connectivity index (χ3v) is 3.83. The first kappa shape index (κ1) is 9.97. The number of hydrogen-bond donors (Lipinski definition) is 2. The first-order chi connectivity index (χ1) is 7.81. The molecular formula is C12H14ClN3. The van der Waals surface area contributed by atoms with Gasteiger partial charge in [0, 0.05) is 17.8 Å². The van der Waals surface area contributed by atoms with Gasteiger partial charge < -0.3 is 10.3 Å². The molecule has 0 amide bonds. The van der Waals surface area contributed by atoms with Gasteiger partial charge in [-0.05, 0) is 25.0 Å². The van der Waals surface area contributed by atoms with Crippen molar-refractivity contribution in [2.45, 2.75) is 12.8 Å². The summed E-state index contributed by atoms with van der Waals surface area (Å²) in [6.07, 6.45) is 2.45. The van der Waals surface area contributed by atoms with E-state index < -0.39 is 0 Å². The second-order valence-corrected chi connectivity index (χ2v) is 4.86. The monoisotopic (exact) mass is 235 g/mol. The van der Waals surface area contributed by atoms with Gasteiger partial charge >= 0.3 is 0 Å². The van der Waals surface area contributed by atoms with E-state index in [0.29, 0.717) is 5.41 Å². The van der Waals surface area contributed by atoms with E-state index >= 15 is 0 Å². The first-order valence-electron chi connectivity index (χ1n) is 5.56. The summed E-state index contributed by atoms with van der Waals surface area (Å²) >= 11 is 5.93. The van der Waals surface area contributed by atoms with Gasteiger partial charge in [0.1, 0.15) is 0 Å². The summed E-state index contributed by atoms with van der Waals surface area (Å²) in [6.45, 7) is 0.913. The third kappa shape index (κ3) is 1.76. The highest BCUT2D eigenvalue weighted by Crippen LogP contribution is 2.46. The van der Waals surface area contributed by atoms with Gasteiger partial charge in [0.25, 0.3) is 0 Å². The van der Waals surface area contributed by atoms with Crippen molar-refractivity contribution >= 4 is 28.6 Å². The van der Waals surface area contributed by atoms with Crippen molar-refractivity contribution < 1.29 is 0 Å². The van der Waals surface area contributed by atoms with Crippen LogP contribution in [0, 0.1) is 5.41 Å². The second-order valence-electron chi connectivity index (χ2n) is 4.59. The Kier molecular flexibility index (Phi) is 2.28. The number of hydrogen-bond acceptors (Lipinski definition) is 2. The lowest BCUT2D eigenvalue weighted by Crippen LogP contribution is -2.17. The molecule has 1 aliphatic carbocycles. The number of benzene rings is 1. The fourth-order valence-electron chi connectivity index (χ4n) is 1.84. The van der Waals surface area contributed by atoms with Gasteiger partial charge in [-0.25, -0.2) is 4.98 Å². The highest BCUT2D eigenvalue weighted by molar-refractivity contribution is 6.18. The third-order valence-electron chi connectivity index (χ3n) is 3.26. The second kappa shape index (κ2) is 3.67. The summed E-state index contributed by atoms with van der Waals surface area (Å²) in [7, 11) is 0. The number of fused-ring (bicyclic) bond motifs is 1. The molecule has 3 nitrogen and oxygen atoms in total. The predicted molar refractivity (Wildman–Crippen MR) is 67.0 cm³/mol. The van der Waals surface area contributed by atoms with E-state index in [9.17, 15) is 0 Å². The Morgan fingerprint density at radius 3 is 2.88 bits per heavy atom. The number of anilines is 1. The van der Waals surface area contributed by atoms with Gasteiger partial charge in [0.05, 0.1) is 11.0 Å². The first-order valence-corrected chi connectivity index (χ1v) is 6.09. The van der Waals surface area contributed by atoms with Gasteiger partial charge in [-0.15, -0.1) is 11.6 Å². The molecule has 1 heterocycles. The van der Waals surface area contributed by atoms with Crippen LogP contribution in [0.15, 0.2) is 24.3 Å². The van der Waals surface area contributed by atoms with E-state index in [1.165, 1.54) is 12.8 Å². The zero-order valence-electron chi connectivity index (χ0n) is 8.96. The van der Waals surface area contributed by atoms with E-state index in [1.54, 1.807) is 0 Å². The number of halogens is 1. The molecule has 1 fully saturated rings. The zero-order valence-corrected chi connectivity index (χ0v) is 9.72. The Bertz CT molecular complexity index is 469. The molecule has 0 bridgehead atoms. The highest BCUT2D eigenvalue weighted by Gasteiger charge is 2.41. The molecule has 1 aromatic carbocycles. The SMILES string of the molecule is ClCC1(CNc2nc3ccccc3[nH]2)CC1. The quantitative estimate of drug-likeness (QED) is 0.800. The van der Waals surface area contributed by atoms with Crippen LogP contribution in [0.3, 0.4) is 0 Å². The van der Waals surface area contributed by atoms with Crippen LogP contribution in [0.5, 0.6) is 0 Å². The van der Waals surface area contributed by atoms with Crippen LogP contribution in [-0.2, 0) is 0 Å². The van der Waals surface area contributed by atoms with Crippen LogP contribution in [-0.4, -0.2) is 22.4 Å². The maximum absolute atomic E-state index is 5.93. The van der Waals surface area contributed by atoms with Crippen molar-refractivity contribution in [3.8, 4) is 0 Å². The number of rotatable bonds is 4. The van der Waals surface area contributed by atoms with Crippen LogP contribution >= 0.6 is 11.6 Å². The molecule has 0 radical (unpaired) electrons. The minimum Gasteiger partial charge on any atom is -0.355 e. The summed E-state index contributed by atoms with van der Waals surface area (Å²) in [4.78, 5) is 7.72. The van der Waals surface area contributed by atoms with Crippen LogP contribution in [0.2, 0.25) is 0 Å². The number of H-pyrrole nitrogens is 1. The normalized spacial score (nSPS) is 17.6. The molecule has 2 aromatic rings. The minimum absolute atomic E-state index is 0.320. The average molecular weight is 236 g/mol. The van der Waals surface area contributed by atoms with Gasteiger partial charge in [0.15, 0.2) is 0 Å².